The molecular weight excluding hydrogens is 283 g/mol. The summed E-state index contributed by atoms with van der Waals surface area (Å²) in [5.74, 6) is 1.44. The molecule has 1 heterocycles. The average molecular weight is 297 g/mol. The van der Waals surface area contributed by atoms with Gasteiger partial charge >= 0.3 is 0 Å². The molecule has 0 spiro atoms. The third-order valence-corrected chi connectivity index (χ3v) is 2.68. The highest BCUT2D eigenvalue weighted by atomic mass is 35.5. The maximum atomic E-state index is 5.95. The molecule has 0 radical (unpaired) electrons. The summed E-state index contributed by atoms with van der Waals surface area (Å²) in [5.41, 5.74) is 0.784. The first kappa shape index (κ1) is 13.9. The van der Waals surface area contributed by atoms with Crippen LogP contribution < -0.4 is 10.6 Å². The van der Waals surface area contributed by atoms with E-state index >= 15 is 0 Å². The van der Waals surface area contributed by atoms with Gasteiger partial charge in [0.1, 0.15) is 18.0 Å². The lowest BCUT2D eigenvalue weighted by Crippen LogP contribution is -2.11. The molecule has 0 unspecified atom stereocenters. The van der Waals surface area contributed by atoms with Crippen molar-refractivity contribution in [1.29, 1.82) is 0 Å². The number of nitrogens with zero attached hydrogens (tertiary/aromatic N) is 2. The molecule has 0 aliphatic rings. The number of nitrogens with one attached hydrogen (secondary N) is 2. The number of benzene rings is 1. The summed E-state index contributed by atoms with van der Waals surface area (Å²) in [6.45, 7) is 4.10. The van der Waals surface area contributed by atoms with Gasteiger partial charge in [0, 0.05) is 27.8 Å². The second-order valence-corrected chi connectivity index (χ2v) is 5.24. The maximum absolute atomic E-state index is 5.95. The van der Waals surface area contributed by atoms with Gasteiger partial charge in [0.25, 0.3) is 0 Å². The molecule has 2 rings (SSSR count). The van der Waals surface area contributed by atoms with Gasteiger partial charge in [0.15, 0.2) is 0 Å². The van der Waals surface area contributed by atoms with Crippen LogP contribution in [0.25, 0.3) is 0 Å². The van der Waals surface area contributed by atoms with E-state index in [2.05, 4.69) is 20.6 Å². The molecule has 0 atom stereocenters. The molecule has 1 aromatic heterocycles. The van der Waals surface area contributed by atoms with Crippen LogP contribution in [0.15, 0.2) is 30.6 Å². The molecule has 100 valence electrons. The SMILES string of the molecule is CC(C)Nc1cc(Nc2cc(Cl)cc(Cl)c2)ncn1. The Labute approximate surface area is 122 Å². The van der Waals surface area contributed by atoms with Crippen LogP contribution in [0.2, 0.25) is 10.0 Å². The Morgan fingerprint density at radius 3 is 2.21 bits per heavy atom. The van der Waals surface area contributed by atoms with E-state index in [1.54, 1.807) is 18.2 Å². The quantitative estimate of drug-likeness (QED) is 0.881. The van der Waals surface area contributed by atoms with Crippen LogP contribution in [-0.4, -0.2) is 16.0 Å². The Kier molecular flexibility index (Phi) is 4.45. The van der Waals surface area contributed by atoms with Crippen LogP contribution in [0, 0.1) is 0 Å². The van der Waals surface area contributed by atoms with Gasteiger partial charge in [-0.25, -0.2) is 9.97 Å². The van der Waals surface area contributed by atoms with Gasteiger partial charge in [0.05, 0.1) is 0 Å². The molecule has 0 aliphatic carbocycles. The molecule has 2 aromatic rings. The molecule has 0 saturated carbocycles. The van der Waals surface area contributed by atoms with Crippen molar-refractivity contribution in [3.63, 3.8) is 0 Å². The van der Waals surface area contributed by atoms with Gasteiger partial charge in [-0.1, -0.05) is 23.2 Å². The largest absolute Gasteiger partial charge is 0.368 e. The summed E-state index contributed by atoms with van der Waals surface area (Å²) >= 11 is 11.9. The zero-order chi connectivity index (χ0) is 13.8. The van der Waals surface area contributed by atoms with E-state index in [9.17, 15) is 0 Å². The van der Waals surface area contributed by atoms with Crippen molar-refractivity contribution in [2.75, 3.05) is 10.6 Å². The number of aromatic nitrogens is 2. The zero-order valence-corrected chi connectivity index (χ0v) is 12.1. The lowest BCUT2D eigenvalue weighted by Gasteiger charge is -2.11. The minimum atomic E-state index is 0.309. The Hall–Kier alpha value is -1.52. The van der Waals surface area contributed by atoms with E-state index in [4.69, 9.17) is 23.2 Å². The molecule has 0 fully saturated rings. The number of rotatable bonds is 4. The molecular formula is C13H14Cl2N4. The smallest absolute Gasteiger partial charge is 0.135 e. The van der Waals surface area contributed by atoms with Crippen molar-refractivity contribution in [2.45, 2.75) is 19.9 Å². The molecule has 2 N–H and O–H groups in total. The number of hydrogen-bond acceptors (Lipinski definition) is 4. The Bertz CT molecular complexity index is 552. The van der Waals surface area contributed by atoms with E-state index in [1.165, 1.54) is 6.33 Å². The summed E-state index contributed by atoms with van der Waals surface area (Å²) in [6.07, 6.45) is 1.50. The monoisotopic (exact) mass is 296 g/mol. The fourth-order valence-corrected chi connectivity index (χ4v) is 2.10. The molecule has 0 bridgehead atoms. The summed E-state index contributed by atoms with van der Waals surface area (Å²) in [6, 6.07) is 7.38. The van der Waals surface area contributed by atoms with Crippen molar-refractivity contribution in [3.8, 4) is 0 Å². The first-order chi connectivity index (χ1) is 9.02. The van der Waals surface area contributed by atoms with Crippen molar-refractivity contribution in [3.05, 3.63) is 40.6 Å². The molecule has 0 amide bonds. The first-order valence-electron chi connectivity index (χ1n) is 5.84. The highest BCUT2D eigenvalue weighted by Crippen LogP contribution is 2.25. The van der Waals surface area contributed by atoms with Crippen LogP contribution in [-0.2, 0) is 0 Å². The van der Waals surface area contributed by atoms with Crippen LogP contribution in [0.4, 0.5) is 17.3 Å². The standard InChI is InChI=1S/C13H14Cl2N4/c1-8(2)18-12-6-13(17-7-16-12)19-11-4-9(14)3-10(15)5-11/h3-8H,1-2H3,(H2,16,17,18,19). The molecule has 4 nitrogen and oxygen atoms in total. The summed E-state index contributed by atoms with van der Waals surface area (Å²) in [7, 11) is 0. The zero-order valence-electron chi connectivity index (χ0n) is 10.6. The van der Waals surface area contributed by atoms with E-state index in [1.807, 2.05) is 19.9 Å². The van der Waals surface area contributed by atoms with Crippen molar-refractivity contribution in [1.82, 2.24) is 9.97 Å². The van der Waals surface area contributed by atoms with Crippen LogP contribution in [0.3, 0.4) is 0 Å². The number of anilines is 3. The average Bonchev–Trinajstić information content (AvgIpc) is 2.26. The maximum Gasteiger partial charge on any atom is 0.135 e. The molecule has 19 heavy (non-hydrogen) atoms. The fraction of sp³-hybridized carbons (Fsp3) is 0.231. The normalized spacial score (nSPS) is 10.6. The van der Waals surface area contributed by atoms with Gasteiger partial charge in [-0.05, 0) is 32.0 Å². The third kappa shape index (κ3) is 4.26. The van der Waals surface area contributed by atoms with E-state index in [0.29, 0.717) is 21.9 Å². The topological polar surface area (TPSA) is 49.8 Å². The minimum absolute atomic E-state index is 0.309. The molecule has 0 aliphatic heterocycles. The van der Waals surface area contributed by atoms with Crippen molar-refractivity contribution >= 4 is 40.5 Å². The predicted molar refractivity (Wildman–Crippen MR) is 80.5 cm³/mol. The van der Waals surface area contributed by atoms with Gasteiger partial charge in [-0.3, -0.25) is 0 Å². The van der Waals surface area contributed by atoms with Gasteiger partial charge in [-0.2, -0.15) is 0 Å². The lowest BCUT2D eigenvalue weighted by atomic mass is 10.3. The second-order valence-electron chi connectivity index (χ2n) is 4.37. The van der Waals surface area contributed by atoms with Gasteiger partial charge in [-0.15, -0.1) is 0 Å². The first-order valence-corrected chi connectivity index (χ1v) is 6.60. The summed E-state index contributed by atoms with van der Waals surface area (Å²) in [5, 5.41) is 7.50. The van der Waals surface area contributed by atoms with Crippen LogP contribution in [0.1, 0.15) is 13.8 Å². The van der Waals surface area contributed by atoms with Crippen molar-refractivity contribution in [2.24, 2.45) is 0 Å². The van der Waals surface area contributed by atoms with E-state index < -0.39 is 0 Å². The fourth-order valence-electron chi connectivity index (χ4n) is 1.57. The molecule has 0 saturated heterocycles. The van der Waals surface area contributed by atoms with Crippen LogP contribution in [0.5, 0.6) is 0 Å². The number of halogens is 2. The molecule has 1 aromatic carbocycles. The van der Waals surface area contributed by atoms with Gasteiger partial charge < -0.3 is 10.6 Å². The minimum Gasteiger partial charge on any atom is -0.368 e. The summed E-state index contributed by atoms with van der Waals surface area (Å²) < 4.78 is 0. The lowest BCUT2D eigenvalue weighted by molar-refractivity contribution is 0.886. The second kappa shape index (κ2) is 6.08. The van der Waals surface area contributed by atoms with Crippen LogP contribution >= 0.6 is 23.2 Å². The Morgan fingerprint density at radius 2 is 1.58 bits per heavy atom. The van der Waals surface area contributed by atoms with E-state index in [-0.39, 0.29) is 0 Å². The Morgan fingerprint density at radius 1 is 0.947 bits per heavy atom. The highest BCUT2D eigenvalue weighted by molar-refractivity contribution is 6.35. The van der Waals surface area contributed by atoms with Crippen molar-refractivity contribution < 1.29 is 0 Å². The number of hydrogen-bond donors (Lipinski definition) is 2. The predicted octanol–water partition coefficient (Wildman–Crippen LogP) is 4.35. The summed E-state index contributed by atoms with van der Waals surface area (Å²) in [4.78, 5) is 8.29. The Balaban J connectivity index is 2.18. The third-order valence-electron chi connectivity index (χ3n) is 2.24. The molecule has 6 heteroatoms. The van der Waals surface area contributed by atoms with E-state index in [0.717, 1.165) is 11.5 Å². The van der Waals surface area contributed by atoms with Gasteiger partial charge in [0.2, 0.25) is 0 Å². The highest BCUT2D eigenvalue weighted by Gasteiger charge is 2.02.